The summed E-state index contributed by atoms with van der Waals surface area (Å²) < 4.78 is 0. The van der Waals surface area contributed by atoms with Crippen molar-refractivity contribution in [1.29, 1.82) is 0 Å². The fourth-order valence-electron chi connectivity index (χ4n) is 1.30. The van der Waals surface area contributed by atoms with Crippen LogP contribution in [-0.2, 0) is 9.59 Å². The second kappa shape index (κ2) is 7.54. The summed E-state index contributed by atoms with van der Waals surface area (Å²) in [5, 5.41) is 11.6. The summed E-state index contributed by atoms with van der Waals surface area (Å²) >= 11 is 1.58. The van der Waals surface area contributed by atoms with Gasteiger partial charge in [0.05, 0.1) is 0 Å². The van der Waals surface area contributed by atoms with Gasteiger partial charge in [0.25, 0.3) is 0 Å². The molecule has 1 amide bonds. The first kappa shape index (κ1) is 15.3. The smallest absolute Gasteiger partial charge is 0.326 e. The molecule has 0 aliphatic heterocycles. The van der Waals surface area contributed by atoms with Gasteiger partial charge in [-0.3, -0.25) is 4.79 Å². The predicted molar refractivity (Wildman–Crippen MR) is 66.6 cm³/mol. The molecular formula is C11H21NO3S. The molecule has 0 aliphatic carbocycles. The number of carbonyl (C=O) groups is 2. The lowest BCUT2D eigenvalue weighted by atomic mass is 9.98. The lowest BCUT2D eigenvalue weighted by Gasteiger charge is -2.21. The average Bonchev–Trinajstić information content (AvgIpc) is 2.24. The van der Waals surface area contributed by atoms with E-state index in [2.05, 4.69) is 5.32 Å². The molecule has 0 heterocycles. The summed E-state index contributed by atoms with van der Waals surface area (Å²) in [6.07, 6.45) is 2.65. The number of aliphatic carboxylic acids is 1. The van der Waals surface area contributed by atoms with Gasteiger partial charge in [-0.15, -0.1) is 0 Å². The number of carbonyl (C=O) groups excluding carboxylic acids is 1. The monoisotopic (exact) mass is 247 g/mol. The highest BCUT2D eigenvalue weighted by Crippen LogP contribution is 2.10. The lowest BCUT2D eigenvalue weighted by Crippen LogP contribution is -2.47. The van der Waals surface area contributed by atoms with E-state index in [4.69, 9.17) is 5.11 Å². The Bertz CT molecular complexity index is 245. The lowest BCUT2D eigenvalue weighted by molar-refractivity contribution is -0.143. The van der Waals surface area contributed by atoms with E-state index in [-0.39, 0.29) is 17.7 Å². The summed E-state index contributed by atoms with van der Waals surface area (Å²) in [6, 6.07) is -0.776. The van der Waals surface area contributed by atoms with Gasteiger partial charge in [-0.25, -0.2) is 4.79 Å². The Morgan fingerprint density at radius 3 is 2.31 bits per heavy atom. The van der Waals surface area contributed by atoms with Crippen molar-refractivity contribution in [3.05, 3.63) is 0 Å². The van der Waals surface area contributed by atoms with Crippen molar-refractivity contribution in [1.82, 2.24) is 5.32 Å². The Morgan fingerprint density at radius 2 is 1.94 bits per heavy atom. The molecule has 3 atom stereocenters. The third kappa shape index (κ3) is 4.88. The molecule has 0 spiro atoms. The van der Waals surface area contributed by atoms with E-state index < -0.39 is 12.0 Å². The topological polar surface area (TPSA) is 66.4 Å². The minimum absolute atomic E-state index is 0.0528. The van der Waals surface area contributed by atoms with E-state index in [0.717, 1.165) is 6.42 Å². The van der Waals surface area contributed by atoms with Crippen LogP contribution in [0.15, 0.2) is 0 Å². The first-order chi connectivity index (χ1) is 7.43. The van der Waals surface area contributed by atoms with E-state index in [1.807, 2.05) is 20.1 Å². The number of carboxylic acid groups (broad SMARTS) is 1. The van der Waals surface area contributed by atoms with Crippen molar-refractivity contribution in [3.8, 4) is 0 Å². The second-order valence-electron chi connectivity index (χ2n) is 4.07. The van der Waals surface area contributed by atoms with Gasteiger partial charge >= 0.3 is 5.97 Å². The highest BCUT2D eigenvalue weighted by molar-refractivity contribution is 7.98. The fourth-order valence-corrected chi connectivity index (χ4v) is 1.96. The van der Waals surface area contributed by atoms with Crippen LogP contribution < -0.4 is 5.32 Å². The van der Waals surface area contributed by atoms with Gasteiger partial charge in [0.1, 0.15) is 6.04 Å². The zero-order valence-corrected chi connectivity index (χ0v) is 11.1. The second-order valence-corrected chi connectivity index (χ2v) is 4.98. The molecule has 5 heteroatoms. The van der Waals surface area contributed by atoms with Crippen molar-refractivity contribution in [3.63, 3.8) is 0 Å². The standard InChI is InChI=1S/C11H21NO3S/c1-5-7(2)9(11(14)15)12-10(13)8(3)6-16-4/h7-9H,5-6H2,1-4H3,(H,12,13)(H,14,15). The van der Waals surface area contributed by atoms with Crippen LogP contribution in [0.25, 0.3) is 0 Å². The molecule has 0 rings (SSSR count). The van der Waals surface area contributed by atoms with E-state index in [9.17, 15) is 9.59 Å². The summed E-state index contributed by atoms with van der Waals surface area (Å²) in [6.45, 7) is 5.55. The van der Waals surface area contributed by atoms with Crippen molar-refractivity contribution in [2.75, 3.05) is 12.0 Å². The molecular weight excluding hydrogens is 226 g/mol. The van der Waals surface area contributed by atoms with Crippen molar-refractivity contribution >= 4 is 23.6 Å². The predicted octanol–water partition coefficient (Wildman–Crippen LogP) is 1.60. The third-order valence-electron chi connectivity index (χ3n) is 2.64. The first-order valence-corrected chi connectivity index (χ1v) is 6.85. The van der Waals surface area contributed by atoms with Crippen LogP contribution in [0.2, 0.25) is 0 Å². The van der Waals surface area contributed by atoms with Crippen molar-refractivity contribution in [2.24, 2.45) is 11.8 Å². The Hall–Kier alpha value is -0.710. The molecule has 0 bridgehead atoms. The third-order valence-corrected chi connectivity index (χ3v) is 3.47. The van der Waals surface area contributed by atoms with Crippen molar-refractivity contribution in [2.45, 2.75) is 33.2 Å². The molecule has 0 radical (unpaired) electrons. The quantitative estimate of drug-likeness (QED) is 0.717. The van der Waals surface area contributed by atoms with Crippen LogP contribution in [0.1, 0.15) is 27.2 Å². The molecule has 0 aromatic carbocycles. The molecule has 0 saturated heterocycles. The molecule has 16 heavy (non-hydrogen) atoms. The number of rotatable bonds is 7. The van der Waals surface area contributed by atoms with Crippen LogP contribution in [-0.4, -0.2) is 35.0 Å². The number of nitrogens with one attached hydrogen (secondary N) is 1. The molecule has 94 valence electrons. The van der Waals surface area contributed by atoms with E-state index in [1.165, 1.54) is 0 Å². The van der Waals surface area contributed by atoms with Crippen LogP contribution in [0.5, 0.6) is 0 Å². The summed E-state index contributed by atoms with van der Waals surface area (Å²) in [7, 11) is 0. The highest BCUT2D eigenvalue weighted by Gasteiger charge is 2.26. The van der Waals surface area contributed by atoms with Gasteiger partial charge in [0.15, 0.2) is 0 Å². The number of hydrogen-bond acceptors (Lipinski definition) is 3. The van der Waals surface area contributed by atoms with Crippen LogP contribution in [0.4, 0.5) is 0 Å². The minimum Gasteiger partial charge on any atom is -0.480 e. The molecule has 4 nitrogen and oxygen atoms in total. The van der Waals surface area contributed by atoms with Crippen LogP contribution >= 0.6 is 11.8 Å². The summed E-state index contributed by atoms with van der Waals surface area (Å²) in [5.74, 6) is -0.636. The molecule has 0 aromatic heterocycles. The zero-order chi connectivity index (χ0) is 12.7. The van der Waals surface area contributed by atoms with Gasteiger partial charge in [-0.2, -0.15) is 11.8 Å². The average molecular weight is 247 g/mol. The largest absolute Gasteiger partial charge is 0.480 e. The highest BCUT2D eigenvalue weighted by atomic mass is 32.2. The Labute approximate surface area is 101 Å². The van der Waals surface area contributed by atoms with Crippen LogP contribution in [0.3, 0.4) is 0 Å². The maximum Gasteiger partial charge on any atom is 0.326 e. The van der Waals surface area contributed by atoms with Gasteiger partial charge < -0.3 is 10.4 Å². The van der Waals surface area contributed by atoms with Gasteiger partial charge in [-0.1, -0.05) is 27.2 Å². The molecule has 2 N–H and O–H groups in total. The number of carboxylic acids is 1. The number of thioether (sulfide) groups is 1. The number of hydrogen-bond donors (Lipinski definition) is 2. The molecule has 0 aromatic rings. The van der Waals surface area contributed by atoms with Crippen molar-refractivity contribution < 1.29 is 14.7 Å². The maximum atomic E-state index is 11.7. The van der Waals surface area contributed by atoms with E-state index in [0.29, 0.717) is 5.75 Å². The fraction of sp³-hybridized carbons (Fsp3) is 0.818. The number of amides is 1. The molecule has 3 unspecified atom stereocenters. The first-order valence-electron chi connectivity index (χ1n) is 5.46. The Balaban J connectivity index is 4.40. The molecule has 0 aliphatic rings. The maximum absolute atomic E-state index is 11.7. The zero-order valence-electron chi connectivity index (χ0n) is 10.3. The van der Waals surface area contributed by atoms with Gasteiger partial charge in [-0.05, 0) is 12.2 Å². The normalized spacial score (nSPS) is 16.2. The van der Waals surface area contributed by atoms with Gasteiger partial charge in [0.2, 0.25) is 5.91 Å². The van der Waals surface area contributed by atoms with Gasteiger partial charge in [0, 0.05) is 11.7 Å². The van der Waals surface area contributed by atoms with Crippen LogP contribution in [0, 0.1) is 11.8 Å². The van der Waals surface area contributed by atoms with E-state index >= 15 is 0 Å². The van der Waals surface area contributed by atoms with E-state index in [1.54, 1.807) is 18.7 Å². The summed E-state index contributed by atoms with van der Waals surface area (Å²) in [5.41, 5.74) is 0. The Kier molecular flexibility index (Phi) is 7.21. The molecule has 0 saturated carbocycles. The minimum atomic E-state index is -0.959. The summed E-state index contributed by atoms with van der Waals surface area (Å²) in [4.78, 5) is 22.7. The Morgan fingerprint density at radius 1 is 1.38 bits per heavy atom. The molecule has 0 fully saturated rings. The SMILES string of the molecule is CCC(C)C(NC(=O)C(C)CSC)C(=O)O.